The third-order valence-electron chi connectivity index (χ3n) is 1.39. The number of nitrogens with two attached hydrogens (primary N) is 1. The first-order valence-corrected chi connectivity index (χ1v) is 2.94. The van der Waals surface area contributed by atoms with Crippen molar-refractivity contribution < 1.29 is 17.9 Å². The Morgan fingerprint density at radius 2 is 1.91 bits per heavy atom. The van der Waals surface area contributed by atoms with E-state index >= 15 is 0 Å². The lowest BCUT2D eigenvalue weighted by Gasteiger charge is -2.12. The Bertz CT molecular complexity index is 129. The lowest BCUT2D eigenvalue weighted by molar-refractivity contribution is -0.206. The summed E-state index contributed by atoms with van der Waals surface area (Å²) in [4.78, 5) is 0. The maximum atomic E-state index is 11.8. The predicted molar refractivity (Wildman–Crippen MR) is 35.6 cm³/mol. The monoisotopic (exact) mass is 191 g/mol. The second-order valence-electron chi connectivity index (χ2n) is 2.36. The highest BCUT2D eigenvalue weighted by Gasteiger charge is 2.44. The summed E-state index contributed by atoms with van der Waals surface area (Å²) < 4.78 is 39.6. The van der Waals surface area contributed by atoms with Crippen LogP contribution in [-0.2, 0) is 4.74 Å². The molecule has 0 radical (unpaired) electrons. The van der Waals surface area contributed by atoms with E-state index in [9.17, 15) is 13.2 Å². The molecule has 1 rings (SSSR count). The Hall–Kier alpha value is -0.0000000000000000555. The normalized spacial score (nSPS) is 31.6. The van der Waals surface area contributed by atoms with Crippen LogP contribution in [0, 0.1) is 0 Å². The molecule has 0 aromatic rings. The van der Waals surface area contributed by atoms with Crippen molar-refractivity contribution in [3.8, 4) is 0 Å². The van der Waals surface area contributed by atoms with Gasteiger partial charge in [0.15, 0.2) is 6.10 Å². The number of hydrogen-bond donors (Lipinski definition) is 1. The number of alkyl halides is 3. The molecule has 1 fully saturated rings. The molecule has 1 heterocycles. The summed E-state index contributed by atoms with van der Waals surface area (Å²) >= 11 is 0. The van der Waals surface area contributed by atoms with Crippen molar-refractivity contribution in [3.05, 3.63) is 0 Å². The molecule has 0 aromatic carbocycles. The smallest absolute Gasteiger partial charge is 0.367 e. The van der Waals surface area contributed by atoms with Crippen LogP contribution >= 0.6 is 12.4 Å². The van der Waals surface area contributed by atoms with Gasteiger partial charge in [0, 0.05) is 6.04 Å². The third-order valence-corrected chi connectivity index (χ3v) is 1.39. The SMILES string of the molecule is Cl.N[C@@H]1CO[C@H](C(F)(F)F)C1. The van der Waals surface area contributed by atoms with Crippen LogP contribution in [0.15, 0.2) is 0 Å². The lowest BCUT2D eigenvalue weighted by atomic mass is 10.2. The van der Waals surface area contributed by atoms with E-state index in [1.165, 1.54) is 0 Å². The fraction of sp³-hybridized carbons (Fsp3) is 1.00. The Morgan fingerprint density at radius 3 is 2.09 bits per heavy atom. The van der Waals surface area contributed by atoms with Crippen LogP contribution in [0.3, 0.4) is 0 Å². The van der Waals surface area contributed by atoms with E-state index < -0.39 is 18.3 Å². The summed E-state index contributed by atoms with van der Waals surface area (Å²) in [6.45, 7) is 0.0180. The van der Waals surface area contributed by atoms with E-state index in [4.69, 9.17) is 5.73 Å². The summed E-state index contributed by atoms with van der Waals surface area (Å²) in [5, 5.41) is 0. The van der Waals surface area contributed by atoms with Gasteiger partial charge in [-0.1, -0.05) is 0 Å². The summed E-state index contributed by atoms with van der Waals surface area (Å²) in [5.41, 5.74) is 5.20. The topological polar surface area (TPSA) is 35.2 Å². The van der Waals surface area contributed by atoms with E-state index in [1.54, 1.807) is 0 Å². The molecule has 0 aromatic heterocycles. The summed E-state index contributed by atoms with van der Waals surface area (Å²) in [6, 6.07) is -0.452. The minimum absolute atomic E-state index is 0. The molecule has 1 saturated heterocycles. The molecule has 6 heteroatoms. The van der Waals surface area contributed by atoms with E-state index in [2.05, 4.69) is 4.74 Å². The van der Waals surface area contributed by atoms with Crippen molar-refractivity contribution in [3.63, 3.8) is 0 Å². The molecule has 2 atom stereocenters. The molecule has 2 nitrogen and oxygen atoms in total. The maximum absolute atomic E-state index is 11.8. The first-order valence-electron chi connectivity index (χ1n) is 2.94. The Morgan fingerprint density at radius 1 is 1.36 bits per heavy atom. The molecule has 0 aliphatic carbocycles. The van der Waals surface area contributed by atoms with Gasteiger partial charge in [0.25, 0.3) is 0 Å². The van der Waals surface area contributed by atoms with E-state index in [0.29, 0.717) is 0 Å². The van der Waals surface area contributed by atoms with Gasteiger partial charge in [0.2, 0.25) is 0 Å². The molecule has 2 N–H and O–H groups in total. The maximum Gasteiger partial charge on any atom is 0.414 e. The second kappa shape index (κ2) is 3.60. The highest BCUT2D eigenvalue weighted by Crippen LogP contribution is 2.29. The van der Waals surface area contributed by atoms with Gasteiger partial charge in [0.1, 0.15) is 0 Å². The van der Waals surface area contributed by atoms with Crippen molar-refractivity contribution in [2.75, 3.05) is 6.61 Å². The molecule has 0 unspecified atom stereocenters. The van der Waals surface area contributed by atoms with Gasteiger partial charge in [-0.2, -0.15) is 13.2 Å². The third kappa shape index (κ3) is 2.84. The van der Waals surface area contributed by atoms with Crippen molar-refractivity contribution in [2.24, 2.45) is 5.73 Å². The van der Waals surface area contributed by atoms with Crippen molar-refractivity contribution in [2.45, 2.75) is 24.7 Å². The standard InChI is InChI=1S/C5H8F3NO.ClH/c6-5(7,8)4-1-3(9)2-10-4;/h3-4H,1-2,9H2;1H/t3-,4-;/m0./s1. The molecule has 0 spiro atoms. The van der Waals surface area contributed by atoms with Crippen molar-refractivity contribution in [1.29, 1.82) is 0 Å². The molecular weight excluding hydrogens is 183 g/mol. The van der Waals surface area contributed by atoms with Crippen LogP contribution in [-0.4, -0.2) is 24.9 Å². The molecule has 0 saturated carbocycles. The number of hydrogen-bond acceptors (Lipinski definition) is 2. The molecule has 11 heavy (non-hydrogen) atoms. The molecule has 1 aliphatic heterocycles. The zero-order chi connectivity index (χ0) is 7.78. The number of rotatable bonds is 0. The van der Waals surface area contributed by atoms with Gasteiger partial charge in [-0.25, -0.2) is 0 Å². The average molecular weight is 192 g/mol. The number of halogens is 4. The van der Waals surface area contributed by atoms with Crippen LogP contribution < -0.4 is 5.73 Å². The fourth-order valence-corrected chi connectivity index (χ4v) is 0.879. The lowest BCUT2D eigenvalue weighted by Crippen LogP contribution is -2.29. The molecule has 0 bridgehead atoms. The minimum atomic E-state index is -4.24. The van der Waals surface area contributed by atoms with Gasteiger partial charge in [-0.05, 0) is 6.42 Å². The molecular formula is C5H9ClF3NO. The second-order valence-corrected chi connectivity index (χ2v) is 2.36. The first kappa shape index (κ1) is 11.0. The molecule has 1 aliphatic rings. The van der Waals surface area contributed by atoms with Gasteiger partial charge in [-0.15, -0.1) is 12.4 Å². The molecule has 0 amide bonds. The predicted octanol–water partition coefficient (Wildman–Crippen LogP) is 1.09. The summed E-state index contributed by atoms with van der Waals surface area (Å²) in [6.07, 6.45) is -5.99. The van der Waals surface area contributed by atoms with E-state index in [-0.39, 0.29) is 25.4 Å². The fourth-order valence-electron chi connectivity index (χ4n) is 0.879. The van der Waals surface area contributed by atoms with Gasteiger partial charge in [-0.3, -0.25) is 0 Å². The van der Waals surface area contributed by atoms with Gasteiger partial charge < -0.3 is 10.5 Å². The molecule has 68 valence electrons. The minimum Gasteiger partial charge on any atom is -0.367 e. The highest BCUT2D eigenvalue weighted by molar-refractivity contribution is 5.85. The van der Waals surface area contributed by atoms with Gasteiger partial charge in [0.05, 0.1) is 6.61 Å². The van der Waals surface area contributed by atoms with Crippen LogP contribution in [0.4, 0.5) is 13.2 Å². The number of ether oxygens (including phenoxy) is 1. The zero-order valence-corrected chi connectivity index (χ0v) is 6.41. The van der Waals surface area contributed by atoms with E-state index in [1.807, 2.05) is 0 Å². The van der Waals surface area contributed by atoms with Crippen LogP contribution in [0.25, 0.3) is 0 Å². The summed E-state index contributed by atoms with van der Waals surface area (Å²) in [7, 11) is 0. The Labute approximate surface area is 68.3 Å². The Balaban J connectivity index is 0.000001000. The average Bonchev–Trinajstić information content (AvgIpc) is 2.11. The van der Waals surface area contributed by atoms with Crippen molar-refractivity contribution in [1.82, 2.24) is 0 Å². The highest BCUT2D eigenvalue weighted by atomic mass is 35.5. The van der Waals surface area contributed by atoms with Crippen molar-refractivity contribution >= 4 is 12.4 Å². The van der Waals surface area contributed by atoms with Crippen LogP contribution in [0.5, 0.6) is 0 Å². The Kier molecular flexibility index (Phi) is 3.60. The zero-order valence-electron chi connectivity index (χ0n) is 5.60. The first-order chi connectivity index (χ1) is 4.50. The quantitative estimate of drug-likeness (QED) is 0.622. The van der Waals surface area contributed by atoms with Crippen LogP contribution in [0.2, 0.25) is 0 Å². The van der Waals surface area contributed by atoms with Gasteiger partial charge >= 0.3 is 6.18 Å². The largest absolute Gasteiger partial charge is 0.414 e. The summed E-state index contributed by atoms with van der Waals surface area (Å²) in [5.74, 6) is 0. The van der Waals surface area contributed by atoms with Crippen LogP contribution in [0.1, 0.15) is 6.42 Å². The van der Waals surface area contributed by atoms with E-state index in [0.717, 1.165) is 0 Å².